The Bertz CT molecular complexity index is 1020. The first-order valence-electron chi connectivity index (χ1n) is 9.40. The van der Waals surface area contributed by atoms with Crippen molar-refractivity contribution in [2.24, 2.45) is 0 Å². The molecule has 2 heterocycles. The number of amides is 1. The molecule has 33 heavy (non-hydrogen) atoms. The average Bonchev–Trinajstić information content (AvgIpc) is 2.76. The van der Waals surface area contributed by atoms with Crippen LogP contribution in [-0.4, -0.2) is 59.7 Å². The van der Waals surface area contributed by atoms with Crippen molar-refractivity contribution < 1.29 is 40.8 Å². The van der Waals surface area contributed by atoms with Crippen molar-refractivity contribution in [2.45, 2.75) is 12.4 Å². The predicted molar refractivity (Wildman–Crippen MR) is 102 cm³/mol. The van der Waals surface area contributed by atoms with Crippen molar-refractivity contribution in [3.63, 3.8) is 0 Å². The van der Waals surface area contributed by atoms with E-state index in [2.05, 4.69) is 9.72 Å². The zero-order chi connectivity index (χ0) is 24.4. The molecule has 0 unspecified atom stereocenters. The van der Waals surface area contributed by atoms with Crippen LogP contribution < -0.4 is 9.64 Å². The maximum Gasteiger partial charge on any atom is 0.422 e. The molecule has 1 saturated heterocycles. The van der Waals surface area contributed by atoms with E-state index in [0.717, 1.165) is 24.4 Å². The minimum Gasteiger partial charge on any atom is -0.468 e. The second-order valence-electron chi connectivity index (χ2n) is 7.03. The molecule has 178 valence electrons. The Morgan fingerprint density at radius 3 is 2.24 bits per heavy atom. The van der Waals surface area contributed by atoms with Gasteiger partial charge < -0.3 is 14.5 Å². The number of hydrogen-bond donors (Lipinski definition) is 0. The summed E-state index contributed by atoms with van der Waals surface area (Å²) >= 11 is 0. The topological polar surface area (TPSA) is 88.8 Å². The van der Waals surface area contributed by atoms with Gasteiger partial charge in [-0.1, -0.05) is 0 Å². The van der Waals surface area contributed by atoms with Crippen molar-refractivity contribution in [3.8, 4) is 5.88 Å². The molecule has 1 aliphatic heterocycles. The maximum absolute atomic E-state index is 12.9. The number of ether oxygens (including phenoxy) is 1. The van der Waals surface area contributed by atoms with Gasteiger partial charge in [-0.3, -0.25) is 14.9 Å². The minimum atomic E-state index is -4.73. The molecule has 0 aliphatic carbocycles. The molecule has 0 radical (unpaired) electrons. The minimum absolute atomic E-state index is 0.00734. The number of rotatable bonds is 5. The SMILES string of the molecule is O=C(c1ccc(OCC(F)(F)F)nc1)N1CCN(c2ccc(C(F)(F)F)cc2[N+](=O)[O-])CC1. The largest absolute Gasteiger partial charge is 0.468 e. The van der Waals surface area contributed by atoms with Gasteiger partial charge in [-0.2, -0.15) is 26.3 Å². The van der Waals surface area contributed by atoms with E-state index in [1.54, 1.807) is 0 Å². The number of alkyl halides is 6. The number of carbonyl (C=O) groups is 1. The number of pyridine rings is 1. The summed E-state index contributed by atoms with van der Waals surface area (Å²) in [6, 6.07) is 4.64. The van der Waals surface area contributed by atoms with Gasteiger partial charge in [-0.05, 0) is 18.2 Å². The number of anilines is 1. The highest BCUT2D eigenvalue weighted by molar-refractivity contribution is 5.94. The smallest absolute Gasteiger partial charge is 0.422 e. The van der Waals surface area contributed by atoms with Gasteiger partial charge in [-0.15, -0.1) is 0 Å². The lowest BCUT2D eigenvalue weighted by atomic mass is 10.1. The Labute approximate surface area is 182 Å². The molecule has 0 atom stereocenters. The molecule has 0 bridgehead atoms. The second kappa shape index (κ2) is 9.11. The second-order valence-corrected chi connectivity index (χ2v) is 7.03. The van der Waals surface area contributed by atoms with Crippen LogP contribution in [0.3, 0.4) is 0 Å². The molecule has 0 spiro atoms. The number of nitrogens with zero attached hydrogens (tertiary/aromatic N) is 4. The van der Waals surface area contributed by atoms with Gasteiger partial charge >= 0.3 is 12.4 Å². The molecule has 2 aromatic rings. The average molecular weight is 478 g/mol. The molecule has 14 heteroatoms. The van der Waals surface area contributed by atoms with Crippen molar-refractivity contribution in [1.82, 2.24) is 9.88 Å². The third kappa shape index (κ3) is 6.02. The first-order chi connectivity index (χ1) is 15.3. The molecule has 0 N–H and O–H groups in total. The number of carbonyl (C=O) groups excluding carboxylic acids is 1. The van der Waals surface area contributed by atoms with Crippen LogP contribution in [-0.2, 0) is 6.18 Å². The van der Waals surface area contributed by atoms with Gasteiger partial charge in [0.15, 0.2) is 6.61 Å². The third-order valence-corrected chi connectivity index (χ3v) is 4.77. The predicted octanol–water partition coefficient (Wildman–Crippen LogP) is 3.91. The van der Waals surface area contributed by atoms with Crippen LogP contribution in [0.2, 0.25) is 0 Å². The quantitative estimate of drug-likeness (QED) is 0.368. The van der Waals surface area contributed by atoms with Crippen LogP contribution in [0, 0.1) is 10.1 Å². The number of halogens is 6. The first kappa shape index (κ1) is 24.1. The Hall–Kier alpha value is -3.58. The van der Waals surface area contributed by atoms with E-state index in [-0.39, 0.29) is 43.3 Å². The van der Waals surface area contributed by atoms with Crippen molar-refractivity contribution in [3.05, 3.63) is 57.8 Å². The van der Waals surface area contributed by atoms with E-state index >= 15 is 0 Å². The molecule has 1 aliphatic rings. The number of nitro groups is 1. The van der Waals surface area contributed by atoms with Crippen molar-refractivity contribution in [2.75, 3.05) is 37.7 Å². The van der Waals surface area contributed by atoms with Crippen LogP contribution in [0.4, 0.5) is 37.7 Å². The lowest BCUT2D eigenvalue weighted by Gasteiger charge is -2.35. The monoisotopic (exact) mass is 478 g/mol. The summed E-state index contributed by atoms with van der Waals surface area (Å²) < 4.78 is 79.7. The number of piperazine rings is 1. The summed E-state index contributed by atoms with van der Waals surface area (Å²) in [5.74, 6) is -0.769. The Balaban J connectivity index is 1.65. The molecular weight excluding hydrogens is 462 g/mol. The van der Waals surface area contributed by atoms with Crippen molar-refractivity contribution >= 4 is 17.3 Å². The standard InChI is InChI=1S/C19H16F6N4O4/c20-18(21,22)11-33-16-4-1-12(10-26-16)17(30)28-7-5-27(6-8-28)14-3-2-13(19(23,24)25)9-15(14)29(31)32/h1-4,9-10H,5-8,11H2. The van der Waals surface area contributed by atoms with Gasteiger partial charge in [0, 0.05) is 44.5 Å². The molecule has 3 rings (SSSR count). The highest BCUT2D eigenvalue weighted by Crippen LogP contribution is 2.36. The van der Waals surface area contributed by atoms with E-state index in [0.29, 0.717) is 6.07 Å². The summed E-state index contributed by atoms with van der Waals surface area (Å²) in [6.07, 6.45) is -8.19. The van der Waals surface area contributed by atoms with E-state index in [4.69, 9.17) is 0 Å². The Morgan fingerprint density at radius 1 is 1.06 bits per heavy atom. The summed E-state index contributed by atoms with van der Waals surface area (Å²) in [5.41, 5.74) is -1.72. The summed E-state index contributed by atoms with van der Waals surface area (Å²) in [7, 11) is 0. The molecule has 1 fully saturated rings. The molecular formula is C19H16F6N4O4. The van der Waals surface area contributed by atoms with Crippen molar-refractivity contribution in [1.29, 1.82) is 0 Å². The summed E-state index contributed by atoms with van der Waals surface area (Å²) in [4.78, 5) is 29.6. The zero-order valence-corrected chi connectivity index (χ0v) is 16.7. The number of benzene rings is 1. The number of nitro benzene ring substituents is 1. The molecule has 8 nitrogen and oxygen atoms in total. The number of aromatic nitrogens is 1. The first-order valence-corrected chi connectivity index (χ1v) is 9.40. The summed E-state index contributed by atoms with van der Waals surface area (Å²) in [5, 5.41) is 11.3. The zero-order valence-electron chi connectivity index (χ0n) is 16.7. The lowest BCUT2D eigenvalue weighted by molar-refractivity contribution is -0.384. The van der Waals surface area contributed by atoms with Gasteiger partial charge in [0.2, 0.25) is 5.88 Å². The van der Waals surface area contributed by atoms with E-state index < -0.39 is 41.0 Å². The fourth-order valence-corrected chi connectivity index (χ4v) is 3.19. The van der Waals surface area contributed by atoms with Crippen LogP contribution >= 0.6 is 0 Å². The molecule has 1 aromatic carbocycles. The third-order valence-electron chi connectivity index (χ3n) is 4.77. The highest BCUT2D eigenvalue weighted by Gasteiger charge is 2.34. The normalized spacial score (nSPS) is 14.8. The van der Waals surface area contributed by atoms with Crippen LogP contribution in [0.15, 0.2) is 36.5 Å². The lowest BCUT2D eigenvalue weighted by Crippen LogP contribution is -2.49. The van der Waals surface area contributed by atoms with E-state index in [1.807, 2.05) is 0 Å². The fraction of sp³-hybridized carbons (Fsp3) is 0.368. The molecule has 1 aromatic heterocycles. The maximum atomic E-state index is 12.9. The Morgan fingerprint density at radius 2 is 1.73 bits per heavy atom. The van der Waals surface area contributed by atoms with Gasteiger partial charge in [0.25, 0.3) is 11.6 Å². The van der Waals surface area contributed by atoms with Gasteiger partial charge in [0.1, 0.15) is 5.69 Å². The van der Waals surface area contributed by atoms with Gasteiger partial charge in [0.05, 0.1) is 16.1 Å². The van der Waals surface area contributed by atoms with E-state index in [1.165, 1.54) is 15.9 Å². The highest BCUT2D eigenvalue weighted by atomic mass is 19.4. The summed E-state index contributed by atoms with van der Waals surface area (Å²) in [6.45, 7) is -1.05. The molecule has 0 saturated carbocycles. The van der Waals surface area contributed by atoms with Crippen LogP contribution in [0.5, 0.6) is 5.88 Å². The fourth-order valence-electron chi connectivity index (χ4n) is 3.19. The number of hydrogen-bond acceptors (Lipinski definition) is 6. The van der Waals surface area contributed by atoms with Gasteiger partial charge in [-0.25, -0.2) is 4.98 Å². The van der Waals surface area contributed by atoms with Crippen LogP contribution in [0.25, 0.3) is 0 Å². The van der Waals surface area contributed by atoms with E-state index in [9.17, 15) is 41.3 Å². The molecule has 1 amide bonds. The van der Waals surface area contributed by atoms with Crippen LogP contribution in [0.1, 0.15) is 15.9 Å². The Kier molecular flexibility index (Phi) is 6.65.